The van der Waals surface area contributed by atoms with E-state index in [0.717, 1.165) is 17.1 Å². The van der Waals surface area contributed by atoms with Crippen molar-refractivity contribution in [3.05, 3.63) is 212 Å². The van der Waals surface area contributed by atoms with Crippen LogP contribution in [-0.4, -0.2) is 0 Å². The summed E-state index contributed by atoms with van der Waals surface area (Å²) in [5.41, 5.74) is 10.6. The summed E-state index contributed by atoms with van der Waals surface area (Å²) >= 11 is 0. The van der Waals surface area contributed by atoms with E-state index in [4.69, 9.17) is 0 Å². The average molecular weight is 674 g/mol. The van der Waals surface area contributed by atoms with Gasteiger partial charge in [0, 0.05) is 16.9 Å². The van der Waals surface area contributed by atoms with Crippen LogP contribution in [0.2, 0.25) is 0 Å². The first kappa shape index (κ1) is 30.8. The highest BCUT2D eigenvalue weighted by Crippen LogP contribution is 2.45. The van der Waals surface area contributed by atoms with E-state index in [-0.39, 0.29) is 0 Å². The summed E-state index contributed by atoms with van der Waals surface area (Å²) < 4.78 is 0. The molecular formula is C52H35N. The second-order valence-electron chi connectivity index (χ2n) is 13.7. The molecule has 0 spiro atoms. The second-order valence-corrected chi connectivity index (χ2v) is 13.7. The van der Waals surface area contributed by atoms with E-state index in [1.807, 2.05) is 0 Å². The van der Waals surface area contributed by atoms with Gasteiger partial charge in [0.2, 0.25) is 0 Å². The molecule has 53 heavy (non-hydrogen) atoms. The maximum Gasteiger partial charge on any atom is 0.0540 e. The maximum absolute atomic E-state index is 2.42. The van der Waals surface area contributed by atoms with Gasteiger partial charge in [0.25, 0.3) is 0 Å². The lowest BCUT2D eigenvalue weighted by atomic mass is 9.92. The number of hydrogen-bond acceptors (Lipinski definition) is 1. The van der Waals surface area contributed by atoms with Crippen LogP contribution in [0.4, 0.5) is 17.1 Å². The summed E-state index contributed by atoms with van der Waals surface area (Å²) in [6, 6.07) is 77.3. The molecule has 0 aliphatic rings. The van der Waals surface area contributed by atoms with Gasteiger partial charge in [-0.05, 0) is 107 Å². The van der Waals surface area contributed by atoms with Gasteiger partial charge in [-0.15, -0.1) is 0 Å². The zero-order valence-electron chi connectivity index (χ0n) is 29.2. The van der Waals surface area contributed by atoms with Crippen LogP contribution in [0.3, 0.4) is 0 Å². The first-order valence-electron chi connectivity index (χ1n) is 18.3. The largest absolute Gasteiger partial charge is 0.310 e. The number of benzene rings is 10. The lowest BCUT2D eigenvalue weighted by Crippen LogP contribution is -2.11. The number of anilines is 3. The van der Waals surface area contributed by atoms with Crippen LogP contribution in [0, 0.1) is 0 Å². The molecule has 0 atom stereocenters. The molecule has 0 radical (unpaired) electrons. The van der Waals surface area contributed by atoms with Gasteiger partial charge < -0.3 is 4.90 Å². The van der Waals surface area contributed by atoms with E-state index in [0.29, 0.717) is 0 Å². The Labute approximate surface area is 309 Å². The first-order valence-corrected chi connectivity index (χ1v) is 18.3. The molecule has 1 nitrogen and oxygen atoms in total. The smallest absolute Gasteiger partial charge is 0.0540 e. The fourth-order valence-electron chi connectivity index (χ4n) is 8.14. The quantitative estimate of drug-likeness (QED) is 0.159. The second kappa shape index (κ2) is 13.0. The first-order chi connectivity index (χ1) is 26.3. The summed E-state index contributed by atoms with van der Waals surface area (Å²) in [5, 5.41) is 10.0. The molecule has 0 saturated heterocycles. The number of hydrogen-bond donors (Lipinski definition) is 0. The lowest BCUT2D eigenvalue weighted by Gasteiger charge is -2.29. The minimum Gasteiger partial charge on any atom is -0.310 e. The van der Waals surface area contributed by atoms with Crippen LogP contribution in [0.5, 0.6) is 0 Å². The molecule has 0 amide bonds. The monoisotopic (exact) mass is 673 g/mol. The fourth-order valence-corrected chi connectivity index (χ4v) is 8.14. The van der Waals surface area contributed by atoms with Gasteiger partial charge in [0.1, 0.15) is 0 Å². The molecule has 0 saturated carbocycles. The fraction of sp³-hybridized carbons (Fsp3) is 0. The van der Waals surface area contributed by atoms with Crippen LogP contribution in [0.25, 0.3) is 76.5 Å². The Kier molecular flexibility index (Phi) is 7.55. The zero-order chi connectivity index (χ0) is 35.1. The van der Waals surface area contributed by atoms with Crippen molar-refractivity contribution in [2.45, 2.75) is 0 Å². The Morgan fingerprint density at radius 1 is 0.245 bits per heavy atom. The Hall–Kier alpha value is -6.96. The molecule has 0 aromatic heterocycles. The van der Waals surface area contributed by atoms with Gasteiger partial charge >= 0.3 is 0 Å². The molecular weight excluding hydrogens is 639 g/mol. The third-order valence-electron chi connectivity index (χ3n) is 10.7. The molecule has 0 N–H and O–H groups in total. The topological polar surface area (TPSA) is 3.24 Å². The molecule has 10 aromatic rings. The third kappa shape index (κ3) is 5.42. The predicted molar refractivity (Wildman–Crippen MR) is 227 cm³/mol. The van der Waals surface area contributed by atoms with Crippen molar-refractivity contribution in [3.8, 4) is 33.4 Å². The normalized spacial score (nSPS) is 11.4. The summed E-state index contributed by atoms with van der Waals surface area (Å²) in [5.74, 6) is 0. The molecule has 0 heterocycles. The number of nitrogens with zero attached hydrogens (tertiary/aromatic N) is 1. The van der Waals surface area contributed by atoms with Crippen molar-refractivity contribution in [2.24, 2.45) is 0 Å². The van der Waals surface area contributed by atoms with E-state index in [2.05, 4.69) is 217 Å². The molecule has 1 heteroatoms. The molecule has 0 aliphatic carbocycles. The van der Waals surface area contributed by atoms with Gasteiger partial charge in [0.15, 0.2) is 0 Å². The minimum absolute atomic E-state index is 1.10. The maximum atomic E-state index is 2.42. The van der Waals surface area contributed by atoms with Crippen LogP contribution in [-0.2, 0) is 0 Å². The molecule has 10 aromatic carbocycles. The molecule has 10 rings (SSSR count). The van der Waals surface area contributed by atoms with Gasteiger partial charge in [-0.25, -0.2) is 0 Å². The number of fused-ring (bicyclic) bond motifs is 5. The van der Waals surface area contributed by atoms with Crippen molar-refractivity contribution in [2.75, 3.05) is 4.90 Å². The molecule has 0 unspecified atom stereocenters. The van der Waals surface area contributed by atoms with Crippen LogP contribution >= 0.6 is 0 Å². The molecule has 248 valence electrons. The summed E-state index contributed by atoms with van der Waals surface area (Å²) in [4.78, 5) is 2.42. The Bertz CT molecular complexity index is 2800. The van der Waals surface area contributed by atoms with Crippen LogP contribution in [0.1, 0.15) is 0 Å². The van der Waals surface area contributed by atoms with Crippen molar-refractivity contribution in [3.63, 3.8) is 0 Å². The number of para-hydroxylation sites is 1. The minimum atomic E-state index is 1.10. The predicted octanol–water partition coefficient (Wildman–Crippen LogP) is 14.8. The standard InChI is InChI=1S/C52H35N/c1-4-18-43-36(13-1)16-11-24-45(43)38-27-31-41(32-28-38)53(42-33-29-39(30-34-42)46-25-12-17-37-14-2-5-19-44(37)46)52-26-10-9-23-50(52)51-35-40-15-3-6-20-47(40)48-21-7-8-22-49(48)51/h1-35H. The summed E-state index contributed by atoms with van der Waals surface area (Å²) in [6.45, 7) is 0. The van der Waals surface area contributed by atoms with E-state index >= 15 is 0 Å². The highest BCUT2D eigenvalue weighted by molar-refractivity contribution is 6.15. The van der Waals surface area contributed by atoms with Gasteiger partial charge in [-0.3, -0.25) is 0 Å². The number of rotatable bonds is 6. The van der Waals surface area contributed by atoms with Gasteiger partial charge in [0.05, 0.1) is 5.69 Å². The Morgan fingerprint density at radius 3 is 1.25 bits per heavy atom. The van der Waals surface area contributed by atoms with E-state index in [1.165, 1.54) is 76.5 Å². The lowest BCUT2D eigenvalue weighted by molar-refractivity contribution is 1.28. The third-order valence-corrected chi connectivity index (χ3v) is 10.7. The summed E-state index contributed by atoms with van der Waals surface area (Å²) in [7, 11) is 0. The Morgan fingerprint density at radius 2 is 0.660 bits per heavy atom. The molecule has 0 fully saturated rings. The van der Waals surface area contributed by atoms with Crippen molar-refractivity contribution < 1.29 is 0 Å². The van der Waals surface area contributed by atoms with Crippen molar-refractivity contribution in [1.29, 1.82) is 0 Å². The average Bonchev–Trinajstić information content (AvgIpc) is 3.24. The van der Waals surface area contributed by atoms with Gasteiger partial charge in [-0.2, -0.15) is 0 Å². The van der Waals surface area contributed by atoms with Gasteiger partial charge in [-0.1, -0.05) is 176 Å². The van der Waals surface area contributed by atoms with E-state index in [1.54, 1.807) is 0 Å². The zero-order valence-corrected chi connectivity index (χ0v) is 29.2. The van der Waals surface area contributed by atoms with Crippen molar-refractivity contribution >= 4 is 60.2 Å². The highest BCUT2D eigenvalue weighted by Gasteiger charge is 2.20. The molecule has 0 bridgehead atoms. The van der Waals surface area contributed by atoms with Crippen molar-refractivity contribution in [1.82, 2.24) is 0 Å². The van der Waals surface area contributed by atoms with E-state index in [9.17, 15) is 0 Å². The van der Waals surface area contributed by atoms with E-state index < -0.39 is 0 Å². The summed E-state index contributed by atoms with van der Waals surface area (Å²) in [6.07, 6.45) is 0. The van der Waals surface area contributed by atoms with Crippen LogP contribution in [0.15, 0.2) is 212 Å². The van der Waals surface area contributed by atoms with Crippen LogP contribution < -0.4 is 4.90 Å². The highest BCUT2D eigenvalue weighted by atomic mass is 15.1. The molecule has 0 aliphatic heterocycles. The Balaban J connectivity index is 1.16. The SMILES string of the molecule is c1ccc(N(c2ccc(-c3cccc4ccccc34)cc2)c2ccc(-c3cccc4ccccc34)cc2)c(-c2cc3ccccc3c3ccccc23)c1.